The first-order chi connectivity index (χ1) is 20.0. The van der Waals surface area contributed by atoms with Crippen molar-refractivity contribution >= 4 is 29.0 Å². The zero-order valence-corrected chi connectivity index (χ0v) is 23.4. The van der Waals surface area contributed by atoms with Gasteiger partial charge in [-0.1, -0.05) is 60.7 Å². The molecule has 0 aliphatic rings. The van der Waals surface area contributed by atoms with Gasteiger partial charge in [-0.3, -0.25) is 9.59 Å². The minimum absolute atomic E-state index is 0.00899. The van der Waals surface area contributed by atoms with Crippen LogP contribution in [0.4, 0.5) is 4.79 Å². The average molecular weight is 574 g/mol. The van der Waals surface area contributed by atoms with Crippen molar-refractivity contribution in [3.05, 3.63) is 94.6 Å². The fourth-order valence-corrected chi connectivity index (χ4v) is 4.01. The van der Waals surface area contributed by atoms with Gasteiger partial charge in [-0.15, -0.1) is 0 Å². The molecule has 0 fully saturated rings. The third-order valence-corrected chi connectivity index (χ3v) is 5.92. The Morgan fingerprint density at radius 1 is 0.952 bits per heavy atom. The third kappa shape index (κ3) is 8.20. The van der Waals surface area contributed by atoms with Crippen LogP contribution in [0.5, 0.6) is 11.5 Å². The molecule has 10 nitrogen and oxygen atoms in total. The molecule has 42 heavy (non-hydrogen) atoms. The molecule has 2 N–H and O–H groups in total. The Morgan fingerprint density at radius 3 is 2.29 bits per heavy atom. The van der Waals surface area contributed by atoms with E-state index < -0.39 is 40.9 Å². The standard InChI is InChI=1S/C32H31NO9/c1-32(2,3)42-31(38)33-23(14-15-28(36)39-19-20-10-6-4-7-11-20)30(37)40-22-16-24(34)29-25(35)18-26(41-27(29)17-22)21-12-8-5-9-13-21/h4-13,16-18,23,34H,14-15,19H2,1-3H3,(H,33,38). The van der Waals surface area contributed by atoms with E-state index in [0.717, 1.165) is 11.6 Å². The van der Waals surface area contributed by atoms with Crippen molar-refractivity contribution in [2.75, 3.05) is 0 Å². The van der Waals surface area contributed by atoms with Crippen molar-refractivity contribution in [3.63, 3.8) is 0 Å². The Balaban J connectivity index is 1.52. The number of carbonyl (C=O) groups excluding carboxylic acids is 3. The largest absolute Gasteiger partial charge is 0.507 e. The molecule has 0 radical (unpaired) electrons. The van der Waals surface area contributed by atoms with Crippen LogP contribution >= 0.6 is 0 Å². The molecular weight excluding hydrogens is 542 g/mol. The van der Waals surface area contributed by atoms with E-state index >= 15 is 0 Å². The van der Waals surface area contributed by atoms with Crippen molar-refractivity contribution in [2.45, 2.75) is 51.9 Å². The van der Waals surface area contributed by atoms with Crippen LogP contribution < -0.4 is 15.5 Å². The number of amides is 1. The summed E-state index contributed by atoms with van der Waals surface area (Å²) in [4.78, 5) is 50.8. The first-order valence-corrected chi connectivity index (χ1v) is 13.3. The van der Waals surface area contributed by atoms with E-state index in [4.69, 9.17) is 18.6 Å². The Bertz CT molecular complexity index is 1620. The number of ether oxygens (including phenoxy) is 3. The number of hydrogen-bond acceptors (Lipinski definition) is 9. The van der Waals surface area contributed by atoms with Gasteiger partial charge in [0.15, 0.2) is 5.43 Å². The molecule has 1 unspecified atom stereocenters. The summed E-state index contributed by atoms with van der Waals surface area (Å²) in [5.41, 5.74) is 0.103. The molecule has 1 aromatic heterocycles. The van der Waals surface area contributed by atoms with Gasteiger partial charge in [0.2, 0.25) is 0 Å². The Hall–Kier alpha value is -5.12. The van der Waals surface area contributed by atoms with Gasteiger partial charge < -0.3 is 29.1 Å². The van der Waals surface area contributed by atoms with E-state index in [-0.39, 0.29) is 41.9 Å². The second-order valence-electron chi connectivity index (χ2n) is 10.5. The quantitative estimate of drug-likeness (QED) is 0.196. The van der Waals surface area contributed by atoms with Crippen LogP contribution in [0.15, 0.2) is 88.1 Å². The molecule has 0 spiro atoms. The topological polar surface area (TPSA) is 141 Å². The number of carbonyl (C=O) groups is 3. The van der Waals surface area contributed by atoms with Gasteiger partial charge in [0.25, 0.3) is 0 Å². The fraction of sp³-hybridized carbons (Fsp3) is 0.250. The summed E-state index contributed by atoms with van der Waals surface area (Å²) < 4.78 is 21.8. The number of alkyl carbamates (subject to hydrolysis) is 1. The predicted octanol–water partition coefficient (Wildman–Crippen LogP) is 5.49. The van der Waals surface area contributed by atoms with Crippen LogP contribution in [0.2, 0.25) is 0 Å². The number of esters is 2. The molecule has 1 heterocycles. The van der Waals surface area contributed by atoms with E-state index in [1.807, 2.05) is 24.3 Å². The average Bonchev–Trinajstić information content (AvgIpc) is 2.93. The molecule has 1 atom stereocenters. The number of nitrogens with one attached hydrogen (secondary N) is 1. The van der Waals surface area contributed by atoms with E-state index in [9.17, 15) is 24.3 Å². The molecule has 0 aliphatic heterocycles. The minimum atomic E-state index is -1.30. The molecule has 3 aromatic carbocycles. The number of phenolic OH excluding ortho intramolecular Hbond substituents is 1. The summed E-state index contributed by atoms with van der Waals surface area (Å²) in [6.07, 6.45) is -1.25. The van der Waals surface area contributed by atoms with Gasteiger partial charge >= 0.3 is 18.0 Å². The number of phenols is 1. The lowest BCUT2D eigenvalue weighted by Gasteiger charge is -2.23. The molecule has 0 bridgehead atoms. The van der Waals surface area contributed by atoms with Crippen LogP contribution in [-0.4, -0.2) is 34.8 Å². The van der Waals surface area contributed by atoms with Crippen molar-refractivity contribution in [2.24, 2.45) is 0 Å². The van der Waals surface area contributed by atoms with Crippen LogP contribution in [0.3, 0.4) is 0 Å². The summed E-state index contributed by atoms with van der Waals surface area (Å²) >= 11 is 0. The molecule has 1 amide bonds. The van der Waals surface area contributed by atoms with Gasteiger partial charge in [-0.25, -0.2) is 9.59 Å². The molecule has 0 aliphatic carbocycles. The third-order valence-electron chi connectivity index (χ3n) is 5.92. The summed E-state index contributed by atoms with van der Waals surface area (Å²) in [5, 5.41) is 12.9. The zero-order valence-electron chi connectivity index (χ0n) is 23.4. The SMILES string of the molecule is CC(C)(C)OC(=O)NC(CCC(=O)OCc1ccccc1)C(=O)Oc1cc(O)c2c(=O)cc(-c3ccccc3)oc2c1. The first-order valence-electron chi connectivity index (χ1n) is 13.3. The highest BCUT2D eigenvalue weighted by Crippen LogP contribution is 2.31. The smallest absolute Gasteiger partial charge is 0.408 e. The lowest BCUT2D eigenvalue weighted by atomic mass is 10.1. The molecule has 4 rings (SSSR count). The predicted molar refractivity (Wildman–Crippen MR) is 154 cm³/mol. The van der Waals surface area contributed by atoms with Gasteiger partial charge in [0.1, 0.15) is 46.5 Å². The second kappa shape index (κ2) is 13.0. The lowest BCUT2D eigenvalue weighted by Crippen LogP contribution is -2.45. The van der Waals surface area contributed by atoms with Crippen LogP contribution in [0.1, 0.15) is 39.2 Å². The van der Waals surface area contributed by atoms with Crippen molar-refractivity contribution in [1.29, 1.82) is 0 Å². The summed E-state index contributed by atoms with van der Waals surface area (Å²) in [6, 6.07) is 20.3. The van der Waals surface area contributed by atoms with Gasteiger partial charge in [-0.05, 0) is 32.8 Å². The summed E-state index contributed by atoms with van der Waals surface area (Å²) in [6.45, 7) is 5.05. The molecule has 4 aromatic rings. The summed E-state index contributed by atoms with van der Waals surface area (Å²) in [7, 11) is 0. The van der Waals surface area contributed by atoms with Crippen LogP contribution in [-0.2, 0) is 25.7 Å². The summed E-state index contributed by atoms with van der Waals surface area (Å²) in [5.74, 6) is -1.85. The fourth-order valence-electron chi connectivity index (χ4n) is 4.01. The number of hydrogen-bond donors (Lipinski definition) is 2. The Kier molecular flexibility index (Phi) is 9.26. The minimum Gasteiger partial charge on any atom is -0.507 e. The molecular formula is C32H31NO9. The monoisotopic (exact) mass is 573 g/mol. The van der Waals surface area contributed by atoms with Gasteiger partial charge in [-0.2, -0.15) is 0 Å². The highest BCUT2D eigenvalue weighted by atomic mass is 16.6. The zero-order chi connectivity index (χ0) is 30.3. The van der Waals surface area contributed by atoms with Crippen molar-refractivity contribution < 1.29 is 38.1 Å². The maximum absolute atomic E-state index is 13.2. The van der Waals surface area contributed by atoms with E-state index in [2.05, 4.69) is 5.32 Å². The highest BCUT2D eigenvalue weighted by Gasteiger charge is 2.27. The molecule has 0 saturated carbocycles. The van der Waals surface area contributed by atoms with Crippen LogP contribution in [0, 0.1) is 0 Å². The normalized spacial score (nSPS) is 11.9. The first kappa shape index (κ1) is 29.9. The highest BCUT2D eigenvalue weighted by molar-refractivity contribution is 5.88. The van der Waals surface area contributed by atoms with E-state index in [1.165, 1.54) is 12.1 Å². The van der Waals surface area contributed by atoms with Gasteiger partial charge in [0.05, 0.1) is 0 Å². The molecule has 10 heteroatoms. The van der Waals surface area contributed by atoms with Crippen molar-refractivity contribution in [3.8, 4) is 22.8 Å². The number of aromatic hydroxyl groups is 1. The second-order valence-corrected chi connectivity index (χ2v) is 10.5. The van der Waals surface area contributed by atoms with E-state index in [1.54, 1.807) is 57.2 Å². The number of rotatable bonds is 9. The number of fused-ring (bicyclic) bond motifs is 1. The van der Waals surface area contributed by atoms with Crippen LogP contribution in [0.25, 0.3) is 22.3 Å². The number of benzene rings is 3. The lowest BCUT2D eigenvalue weighted by molar-refractivity contribution is -0.145. The maximum atomic E-state index is 13.2. The molecule has 218 valence electrons. The maximum Gasteiger partial charge on any atom is 0.408 e. The Morgan fingerprint density at radius 2 is 1.62 bits per heavy atom. The van der Waals surface area contributed by atoms with Gasteiger partial charge in [0, 0.05) is 30.2 Å². The van der Waals surface area contributed by atoms with E-state index in [0.29, 0.717) is 5.56 Å². The van der Waals surface area contributed by atoms with Crippen molar-refractivity contribution in [1.82, 2.24) is 5.32 Å². The Labute approximate surface area is 241 Å². The molecule has 0 saturated heterocycles.